The maximum atomic E-state index is 12.4. The summed E-state index contributed by atoms with van der Waals surface area (Å²) in [4.78, 5) is 26.6. The molecule has 1 aliphatic carbocycles. The van der Waals surface area contributed by atoms with Crippen LogP contribution in [0.3, 0.4) is 0 Å². The van der Waals surface area contributed by atoms with Gasteiger partial charge in [0.2, 0.25) is 5.91 Å². The van der Waals surface area contributed by atoms with Gasteiger partial charge in [-0.3, -0.25) is 4.79 Å². The van der Waals surface area contributed by atoms with E-state index >= 15 is 0 Å². The van der Waals surface area contributed by atoms with Crippen LogP contribution < -0.4 is 0 Å². The molecule has 4 nitrogen and oxygen atoms in total. The van der Waals surface area contributed by atoms with Gasteiger partial charge in [-0.25, -0.2) is 4.79 Å². The molecule has 0 radical (unpaired) electrons. The van der Waals surface area contributed by atoms with Gasteiger partial charge in [0.1, 0.15) is 5.54 Å². The summed E-state index contributed by atoms with van der Waals surface area (Å²) in [6, 6.07) is 3.73. The Kier molecular flexibility index (Phi) is 5.27. The molecular formula is C15H20ClNO3S. The fraction of sp³-hybridized carbons (Fsp3) is 0.600. The summed E-state index contributed by atoms with van der Waals surface area (Å²) in [5.41, 5.74) is -1.01. The molecule has 1 fully saturated rings. The average Bonchev–Trinajstić information content (AvgIpc) is 2.90. The molecule has 21 heavy (non-hydrogen) atoms. The zero-order valence-corrected chi connectivity index (χ0v) is 13.7. The number of thiophene rings is 1. The molecule has 1 saturated carbocycles. The Bertz CT molecular complexity index is 523. The zero-order valence-electron chi connectivity index (χ0n) is 12.1. The second kappa shape index (κ2) is 6.79. The number of carbonyl (C=O) groups is 2. The van der Waals surface area contributed by atoms with Crippen LogP contribution in [0.15, 0.2) is 12.1 Å². The van der Waals surface area contributed by atoms with Crippen LogP contribution in [-0.4, -0.2) is 34.5 Å². The van der Waals surface area contributed by atoms with Crippen molar-refractivity contribution in [2.24, 2.45) is 0 Å². The molecule has 1 heterocycles. The third-order valence-electron chi connectivity index (χ3n) is 4.31. The molecule has 0 aliphatic heterocycles. The smallest absolute Gasteiger partial charge is 0.329 e. The van der Waals surface area contributed by atoms with Crippen molar-refractivity contribution in [2.75, 3.05) is 7.05 Å². The Morgan fingerprint density at radius 1 is 1.33 bits per heavy atom. The van der Waals surface area contributed by atoms with Crippen molar-refractivity contribution < 1.29 is 14.7 Å². The highest BCUT2D eigenvalue weighted by atomic mass is 35.5. The molecule has 0 saturated heterocycles. The number of hydrogen-bond donors (Lipinski definition) is 1. The monoisotopic (exact) mass is 329 g/mol. The number of halogens is 1. The van der Waals surface area contributed by atoms with Gasteiger partial charge in [0.15, 0.2) is 0 Å². The molecule has 0 atom stereocenters. The topological polar surface area (TPSA) is 57.6 Å². The molecule has 0 aromatic carbocycles. The number of aliphatic carboxylic acids is 1. The van der Waals surface area contributed by atoms with E-state index in [1.165, 1.54) is 16.2 Å². The van der Waals surface area contributed by atoms with Crippen LogP contribution >= 0.6 is 22.9 Å². The van der Waals surface area contributed by atoms with E-state index in [1.54, 1.807) is 7.05 Å². The highest BCUT2D eigenvalue weighted by molar-refractivity contribution is 7.16. The second-order valence-electron chi connectivity index (χ2n) is 5.56. The minimum absolute atomic E-state index is 0.108. The molecule has 0 spiro atoms. The van der Waals surface area contributed by atoms with Crippen molar-refractivity contribution >= 4 is 34.8 Å². The standard InChI is InChI=1S/C15H20ClNO3S/c1-17(15(14(19)20)9-3-2-4-10-15)13(18)8-6-11-5-7-12(16)21-11/h5,7H,2-4,6,8-10H2,1H3,(H,19,20). The molecular weight excluding hydrogens is 310 g/mol. The summed E-state index contributed by atoms with van der Waals surface area (Å²) in [7, 11) is 1.63. The minimum atomic E-state index is -1.01. The predicted octanol–water partition coefficient (Wildman–Crippen LogP) is 3.58. The molecule has 1 aromatic rings. The van der Waals surface area contributed by atoms with E-state index in [9.17, 15) is 14.7 Å². The van der Waals surface area contributed by atoms with Gasteiger partial charge in [-0.1, -0.05) is 30.9 Å². The molecule has 1 aliphatic rings. The predicted molar refractivity (Wildman–Crippen MR) is 83.9 cm³/mol. The summed E-state index contributed by atoms with van der Waals surface area (Å²) in [5, 5.41) is 9.59. The number of carboxylic acid groups (broad SMARTS) is 1. The van der Waals surface area contributed by atoms with E-state index in [0.717, 1.165) is 24.1 Å². The Morgan fingerprint density at radius 2 is 2.00 bits per heavy atom. The van der Waals surface area contributed by atoms with Crippen molar-refractivity contribution in [3.8, 4) is 0 Å². The van der Waals surface area contributed by atoms with Crippen molar-refractivity contribution in [3.05, 3.63) is 21.3 Å². The van der Waals surface area contributed by atoms with Gasteiger partial charge >= 0.3 is 5.97 Å². The Balaban J connectivity index is 2.01. The van der Waals surface area contributed by atoms with Crippen LogP contribution in [0.2, 0.25) is 4.34 Å². The van der Waals surface area contributed by atoms with Crippen LogP contribution in [0.25, 0.3) is 0 Å². The van der Waals surface area contributed by atoms with E-state index in [-0.39, 0.29) is 5.91 Å². The summed E-state index contributed by atoms with van der Waals surface area (Å²) in [6.07, 6.45) is 4.81. The maximum absolute atomic E-state index is 12.4. The van der Waals surface area contributed by atoms with E-state index in [4.69, 9.17) is 11.6 Å². The molecule has 1 aromatic heterocycles. The first-order valence-corrected chi connectivity index (χ1v) is 8.39. The number of carboxylic acids is 1. The molecule has 0 bridgehead atoms. The number of likely N-dealkylation sites (N-methyl/N-ethyl adjacent to an activating group) is 1. The van der Waals surface area contributed by atoms with Gasteiger partial charge in [0.05, 0.1) is 4.34 Å². The lowest BCUT2D eigenvalue weighted by Crippen LogP contribution is -2.56. The quantitative estimate of drug-likeness (QED) is 0.898. The number of nitrogens with zero attached hydrogens (tertiary/aromatic N) is 1. The maximum Gasteiger partial charge on any atom is 0.329 e. The largest absolute Gasteiger partial charge is 0.479 e. The summed E-state index contributed by atoms with van der Waals surface area (Å²) in [5.74, 6) is -0.985. The Labute approximate surface area is 133 Å². The highest BCUT2D eigenvalue weighted by Crippen LogP contribution is 2.34. The summed E-state index contributed by atoms with van der Waals surface area (Å²) in [6.45, 7) is 0. The van der Waals surface area contributed by atoms with Gasteiger partial charge < -0.3 is 10.0 Å². The number of amides is 1. The fourth-order valence-electron chi connectivity index (χ4n) is 2.95. The first kappa shape index (κ1) is 16.3. The Morgan fingerprint density at radius 3 is 2.52 bits per heavy atom. The first-order valence-electron chi connectivity index (χ1n) is 7.20. The van der Waals surface area contributed by atoms with Crippen molar-refractivity contribution in [2.45, 2.75) is 50.5 Å². The van der Waals surface area contributed by atoms with Crippen molar-refractivity contribution in [3.63, 3.8) is 0 Å². The van der Waals surface area contributed by atoms with Gasteiger partial charge in [0, 0.05) is 18.3 Å². The third-order valence-corrected chi connectivity index (χ3v) is 5.60. The Hall–Kier alpha value is -1.07. The second-order valence-corrected chi connectivity index (χ2v) is 7.36. The number of carbonyl (C=O) groups excluding carboxylic acids is 1. The molecule has 6 heteroatoms. The van der Waals surface area contributed by atoms with E-state index in [0.29, 0.717) is 30.0 Å². The zero-order chi connectivity index (χ0) is 15.5. The summed E-state index contributed by atoms with van der Waals surface area (Å²) < 4.78 is 0.708. The van der Waals surface area contributed by atoms with Gasteiger partial charge in [-0.2, -0.15) is 0 Å². The average molecular weight is 330 g/mol. The van der Waals surface area contributed by atoms with E-state index < -0.39 is 11.5 Å². The third kappa shape index (κ3) is 3.58. The normalized spacial score (nSPS) is 17.4. The molecule has 0 unspecified atom stereocenters. The van der Waals surface area contributed by atoms with Crippen molar-refractivity contribution in [1.82, 2.24) is 4.90 Å². The first-order chi connectivity index (χ1) is 9.95. The molecule has 1 N–H and O–H groups in total. The lowest BCUT2D eigenvalue weighted by Gasteiger charge is -2.41. The molecule has 116 valence electrons. The fourth-order valence-corrected chi connectivity index (χ4v) is 4.04. The van der Waals surface area contributed by atoms with Crippen LogP contribution in [-0.2, 0) is 16.0 Å². The number of rotatable bonds is 5. The van der Waals surface area contributed by atoms with E-state index in [2.05, 4.69) is 0 Å². The van der Waals surface area contributed by atoms with Crippen LogP contribution in [0.5, 0.6) is 0 Å². The van der Waals surface area contributed by atoms with Crippen LogP contribution in [0.4, 0.5) is 0 Å². The number of hydrogen-bond acceptors (Lipinski definition) is 3. The highest BCUT2D eigenvalue weighted by Gasteiger charge is 2.45. The molecule has 1 amide bonds. The molecule has 2 rings (SSSR count). The van der Waals surface area contributed by atoms with Crippen LogP contribution in [0.1, 0.15) is 43.4 Å². The lowest BCUT2D eigenvalue weighted by atomic mass is 9.80. The van der Waals surface area contributed by atoms with Gasteiger partial charge in [-0.05, 0) is 31.4 Å². The summed E-state index contributed by atoms with van der Waals surface area (Å²) >= 11 is 7.33. The van der Waals surface area contributed by atoms with Crippen LogP contribution in [0, 0.1) is 0 Å². The number of aryl methyl sites for hydroxylation is 1. The SMILES string of the molecule is CN(C(=O)CCc1ccc(Cl)s1)C1(C(=O)O)CCCCC1. The lowest BCUT2D eigenvalue weighted by molar-refractivity contribution is -0.160. The van der Waals surface area contributed by atoms with Gasteiger partial charge in [-0.15, -0.1) is 11.3 Å². The minimum Gasteiger partial charge on any atom is -0.479 e. The van der Waals surface area contributed by atoms with E-state index in [1.807, 2.05) is 12.1 Å². The van der Waals surface area contributed by atoms with Gasteiger partial charge in [0.25, 0.3) is 0 Å². The van der Waals surface area contributed by atoms with Crippen molar-refractivity contribution in [1.29, 1.82) is 0 Å².